The van der Waals surface area contributed by atoms with Crippen LogP contribution in [0.5, 0.6) is 0 Å². The molecule has 61 heavy (non-hydrogen) atoms. The van der Waals surface area contributed by atoms with Crippen molar-refractivity contribution >= 4 is 17.1 Å². The van der Waals surface area contributed by atoms with Crippen LogP contribution in [0.2, 0.25) is 0 Å². The van der Waals surface area contributed by atoms with Gasteiger partial charge in [-0.2, -0.15) is 0 Å². The molecule has 9 aromatic carbocycles. The van der Waals surface area contributed by atoms with E-state index >= 15 is 0 Å². The summed E-state index contributed by atoms with van der Waals surface area (Å²) in [5.74, 6) is 0. The highest BCUT2D eigenvalue weighted by atomic mass is 15.1. The molecule has 292 valence electrons. The average Bonchev–Trinajstić information content (AvgIpc) is 3.69. The number of nitrogens with zero attached hydrogens (tertiary/aromatic N) is 1. The third-order valence-corrected chi connectivity index (χ3v) is 13.5. The van der Waals surface area contributed by atoms with E-state index in [4.69, 9.17) is 0 Å². The van der Waals surface area contributed by atoms with Gasteiger partial charge >= 0.3 is 0 Å². The number of fused-ring (bicyclic) bond motifs is 6. The third kappa shape index (κ3) is 5.91. The van der Waals surface area contributed by atoms with E-state index in [0.29, 0.717) is 0 Å². The molecule has 0 unspecified atom stereocenters. The maximum atomic E-state index is 2.50. The van der Waals surface area contributed by atoms with Crippen LogP contribution in [0.15, 0.2) is 212 Å². The lowest BCUT2D eigenvalue weighted by molar-refractivity contribution is 0.660. The minimum absolute atomic E-state index is 0.127. The molecular formula is C60H47N. The number of benzene rings is 9. The highest BCUT2D eigenvalue weighted by Crippen LogP contribution is 2.57. The van der Waals surface area contributed by atoms with Gasteiger partial charge in [0.25, 0.3) is 0 Å². The Kier molecular flexibility index (Phi) is 8.58. The molecule has 0 N–H and O–H groups in total. The van der Waals surface area contributed by atoms with E-state index in [0.717, 1.165) is 17.1 Å². The van der Waals surface area contributed by atoms with E-state index < -0.39 is 0 Å². The van der Waals surface area contributed by atoms with Crippen molar-refractivity contribution in [2.24, 2.45) is 0 Å². The Hall–Kier alpha value is -7.22. The van der Waals surface area contributed by atoms with Crippen molar-refractivity contribution in [1.29, 1.82) is 0 Å². The van der Waals surface area contributed by atoms with Crippen LogP contribution >= 0.6 is 0 Å². The summed E-state index contributed by atoms with van der Waals surface area (Å²) in [7, 11) is 0. The van der Waals surface area contributed by atoms with Crippen LogP contribution in [0.25, 0.3) is 66.8 Å². The lowest BCUT2D eigenvalue weighted by Crippen LogP contribution is -2.18. The maximum Gasteiger partial charge on any atom is 0.0540 e. The second-order valence-corrected chi connectivity index (χ2v) is 17.7. The Morgan fingerprint density at radius 3 is 1.38 bits per heavy atom. The van der Waals surface area contributed by atoms with Crippen LogP contribution in [0.1, 0.15) is 49.9 Å². The summed E-state index contributed by atoms with van der Waals surface area (Å²) >= 11 is 0. The lowest BCUT2D eigenvalue weighted by atomic mass is 9.77. The molecule has 0 atom stereocenters. The fourth-order valence-electron chi connectivity index (χ4n) is 10.4. The minimum atomic E-state index is -0.294. The quantitative estimate of drug-likeness (QED) is 0.156. The monoisotopic (exact) mass is 781 g/mol. The van der Waals surface area contributed by atoms with Crippen LogP contribution in [-0.4, -0.2) is 0 Å². The molecule has 11 rings (SSSR count). The topological polar surface area (TPSA) is 3.24 Å². The van der Waals surface area contributed by atoms with Crippen LogP contribution in [0.4, 0.5) is 17.1 Å². The molecule has 0 heterocycles. The first-order valence-corrected chi connectivity index (χ1v) is 21.5. The highest BCUT2D eigenvalue weighted by molar-refractivity contribution is 5.99. The summed E-state index contributed by atoms with van der Waals surface area (Å²) in [6.45, 7) is 9.59. The summed E-state index contributed by atoms with van der Waals surface area (Å²) in [6.07, 6.45) is 0. The zero-order chi connectivity index (χ0) is 41.3. The Labute approximate surface area is 360 Å². The van der Waals surface area contributed by atoms with E-state index in [1.165, 1.54) is 89.0 Å². The first kappa shape index (κ1) is 36.8. The van der Waals surface area contributed by atoms with Gasteiger partial charge in [-0.25, -0.2) is 0 Å². The number of para-hydroxylation sites is 1. The standard InChI is InChI=1S/C60H47N/c1-59(2)53-26-16-14-25-50(53)51-34-32-45(38-54(51)59)61(56-27-17-15-24-47(56)42-20-10-6-11-21-42)46-33-35-52-55(39-46)60(3,4)58-49(43-22-12-7-13-23-43)37-36-48(57(52)58)44-30-28-41(29-31-44)40-18-8-5-9-19-40/h5-39H,1-4H3. The average molecular weight is 782 g/mol. The minimum Gasteiger partial charge on any atom is -0.310 e. The Morgan fingerprint density at radius 1 is 0.295 bits per heavy atom. The molecule has 1 nitrogen and oxygen atoms in total. The van der Waals surface area contributed by atoms with Crippen LogP contribution in [-0.2, 0) is 10.8 Å². The largest absolute Gasteiger partial charge is 0.310 e. The van der Waals surface area contributed by atoms with E-state index in [2.05, 4.69) is 245 Å². The highest BCUT2D eigenvalue weighted by Gasteiger charge is 2.41. The normalized spacial score (nSPS) is 13.8. The number of hydrogen-bond donors (Lipinski definition) is 0. The molecule has 2 aliphatic carbocycles. The van der Waals surface area contributed by atoms with Gasteiger partial charge in [-0.3, -0.25) is 0 Å². The first-order valence-electron chi connectivity index (χ1n) is 21.5. The van der Waals surface area contributed by atoms with Gasteiger partial charge < -0.3 is 4.90 Å². The zero-order valence-corrected chi connectivity index (χ0v) is 35.2. The fraction of sp³-hybridized carbons (Fsp3) is 0.100. The zero-order valence-electron chi connectivity index (χ0n) is 35.2. The summed E-state index contributed by atoms with van der Waals surface area (Å²) in [5.41, 5.74) is 23.6. The second-order valence-electron chi connectivity index (χ2n) is 17.7. The smallest absolute Gasteiger partial charge is 0.0540 e. The van der Waals surface area contributed by atoms with Gasteiger partial charge in [0.2, 0.25) is 0 Å². The van der Waals surface area contributed by atoms with Crippen LogP contribution in [0, 0.1) is 0 Å². The summed E-state index contributed by atoms with van der Waals surface area (Å²) < 4.78 is 0. The number of hydrogen-bond acceptors (Lipinski definition) is 1. The van der Waals surface area contributed by atoms with Crippen molar-refractivity contribution in [2.75, 3.05) is 4.90 Å². The molecule has 9 aromatic rings. The van der Waals surface area contributed by atoms with Crippen molar-refractivity contribution in [1.82, 2.24) is 0 Å². The van der Waals surface area contributed by atoms with Crippen LogP contribution in [0.3, 0.4) is 0 Å². The van der Waals surface area contributed by atoms with Crippen molar-refractivity contribution in [3.63, 3.8) is 0 Å². The molecule has 0 saturated carbocycles. The van der Waals surface area contributed by atoms with Gasteiger partial charge in [0.15, 0.2) is 0 Å². The van der Waals surface area contributed by atoms with Crippen molar-refractivity contribution in [3.8, 4) is 66.8 Å². The lowest BCUT2D eigenvalue weighted by Gasteiger charge is -2.31. The molecule has 0 bridgehead atoms. The molecule has 2 aliphatic rings. The van der Waals surface area contributed by atoms with E-state index in [9.17, 15) is 0 Å². The Morgan fingerprint density at radius 2 is 0.721 bits per heavy atom. The third-order valence-electron chi connectivity index (χ3n) is 13.5. The predicted molar refractivity (Wildman–Crippen MR) is 258 cm³/mol. The Bertz CT molecular complexity index is 3100. The molecule has 1 heteroatoms. The molecular weight excluding hydrogens is 735 g/mol. The molecule has 0 fully saturated rings. The van der Waals surface area contributed by atoms with Crippen molar-refractivity contribution in [3.05, 3.63) is 235 Å². The molecule has 0 amide bonds. The van der Waals surface area contributed by atoms with E-state index in [1.807, 2.05) is 0 Å². The van der Waals surface area contributed by atoms with Gasteiger partial charge in [0.05, 0.1) is 5.69 Å². The number of rotatable bonds is 7. The van der Waals surface area contributed by atoms with Crippen molar-refractivity contribution in [2.45, 2.75) is 38.5 Å². The summed E-state index contributed by atoms with van der Waals surface area (Å²) in [6, 6.07) is 78.4. The van der Waals surface area contributed by atoms with E-state index in [1.54, 1.807) is 0 Å². The van der Waals surface area contributed by atoms with Crippen molar-refractivity contribution < 1.29 is 0 Å². The second kappa shape index (κ2) is 14.2. The fourth-order valence-corrected chi connectivity index (χ4v) is 10.4. The molecule has 0 aliphatic heterocycles. The molecule has 0 radical (unpaired) electrons. The van der Waals surface area contributed by atoms with E-state index in [-0.39, 0.29) is 10.8 Å². The van der Waals surface area contributed by atoms with Gasteiger partial charge in [-0.05, 0) is 114 Å². The summed E-state index contributed by atoms with van der Waals surface area (Å²) in [5, 5.41) is 0. The van der Waals surface area contributed by atoms with Gasteiger partial charge in [-0.1, -0.05) is 210 Å². The molecule has 0 saturated heterocycles. The maximum absolute atomic E-state index is 2.50. The molecule has 0 aromatic heterocycles. The van der Waals surface area contributed by atoms with Gasteiger partial charge in [0.1, 0.15) is 0 Å². The SMILES string of the molecule is CC1(C)c2ccccc2-c2ccc(N(c3ccc4c(c3)C(C)(C)c3c(-c5ccccc5)ccc(-c5ccc(-c6ccccc6)cc5)c3-4)c3ccccc3-c3ccccc3)cc21. The number of anilines is 3. The van der Waals surface area contributed by atoms with Gasteiger partial charge in [0, 0.05) is 27.8 Å². The Balaban J connectivity index is 1.12. The predicted octanol–water partition coefficient (Wildman–Crippen LogP) is 16.4. The van der Waals surface area contributed by atoms with Crippen LogP contribution < -0.4 is 4.90 Å². The van der Waals surface area contributed by atoms with Gasteiger partial charge in [-0.15, -0.1) is 0 Å². The molecule has 0 spiro atoms. The first-order chi connectivity index (χ1) is 29.8. The summed E-state index contributed by atoms with van der Waals surface area (Å²) in [4.78, 5) is 2.50.